The molecule has 0 unspecified atom stereocenters. The van der Waals surface area contributed by atoms with Crippen molar-refractivity contribution in [2.75, 3.05) is 0 Å². The van der Waals surface area contributed by atoms with Gasteiger partial charge in [-0.2, -0.15) is 10.2 Å². The lowest BCUT2D eigenvalue weighted by Gasteiger charge is -2.39. The molecule has 4 heterocycles. The van der Waals surface area contributed by atoms with Crippen LogP contribution < -0.4 is 0 Å². The van der Waals surface area contributed by atoms with E-state index in [0.717, 1.165) is 59.2 Å². The maximum absolute atomic E-state index is 6.88. The van der Waals surface area contributed by atoms with Crippen LogP contribution in [0.15, 0.2) is 24.3 Å². The lowest BCUT2D eigenvalue weighted by atomic mass is 9.67. The molecule has 5 aromatic rings. The van der Waals surface area contributed by atoms with E-state index in [1.165, 1.54) is 0 Å². The number of hydrogen-bond donors (Lipinski definition) is 0. The molecular weight excluding hydrogens is 591 g/mol. The van der Waals surface area contributed by atoms with Gasteiger partial charge in [-0.1, -0.05) is 90.7 Å². The molecule has 2 aliphatic carbocycles. The highest BCUT2D eigenvalue weighted by Gasteiger charge is 2.41. The van der Waals surface area contributed by atoms with Gasteiger partial charge in [-0.25, -0.2) is 19.9 Å². The first-order chi connectivity index (χ1) is 20.6. The number of aromatic nitrogens is 8. The molecule has 44 heavy (non-hydrogen) atoms. The van der Waals surface area contributed by atoms with E-state index in [9.17, 15) is 0 Å². The van der Waals surface area contributed by atoms with Gasteiger partial charge in [0.25, 0.3) is 0 Å². The third kappa shape index (κ3) is 4.55. The summed E-state index contributed by atoms with van der Waals surface area (Å²) < 4.78 is 0. The predicted molar refractivity (Wildman–Crippen MR) is 175 cm³/mol. The Morgan fingerprint density at radius 3 is 1.18 bits per heavy atom. The Labute approximate surface area is 267 Å². The van der Waals surface area contributed by atoms with Gasteiger partial charge in [0.1, 0.15) is 11.4 Å². The number of halogens is 2. The Kier molecular flexibility index (Phi) is 6.39. The Hall–Kier alpha value is -3.36. The highest BCUT2D eigenvalue weighted by Crippen LogP contribution is 2.45. The minimum atomic E-state index is -0.125. The average molecular weight is 628 g/mol. The molecule has 0 saturated heterocycles. The topological polar surface area (TPSA) is 103 Å². The molecule has 4 aromatic heterocycles. The van der Waals surface area contributed by atoms with Crippen LogP contribution in [-0.4, -0.2) is 40.3 Å². The molecule has 0 bridgehead atoms. The average Bonchev–Trinajstić information content (AvgIpc) is 2.97. The van der Waals surface area contributed by atoms with Crippen LogP contribution >= 0.6 is 23.2 Å². The zero-order valence-electron chi connectivity index (χ0n) is 26.5. The third-order valence-electron chi connectivity index (χ3n) is 9.80. The molecular formula is C34H36Cl2N8. The molecule has 0 amide bonds. The van der Waals surface area contributed by atoms with Crippen molar-refractivity contribution >= 4 is 45.0 Å². The Morgan fingerprint density at radius 1 is 0.477 bits per heavy atom. The van der Waals surface area contributed by atoms with Crippen molar-refractivity contribution in [2.24, 2.45) is 0 Å². The molecule has 0 aliphatic heterocycles. The Balaban J connectivity index is 1.42. The summed E-state index contributed by atoms with van der Waals surface area (Å²) in [6.45, 7) is 17.6. The molecule has 226 valence electrons. The molecule has 0 spiro atoms. The molecule has 8 nitrogen and oxygen atoms in total. The first kappa shape index (κ1) is 29.4. The highest BCUT2D eigenvalue weighted by molar-refractivity contribution is 6.38. The highest BCUT2D eigenvalue weighted by atomic mass is 35.5. The Morgan fingerprint density at radius 2 is 0.818 bits per heavy atom. The minimum absolute atomic E-state index is 0.0936. The summed E-state index contributed by atoms with van der Waals surface area (Å²) in [7, 11) is 0. The quantitative estimate of drug-likeness (QED) is 0.180. The zero-order chi connectivity index (χ0) is 31.4. The number of pyridine rings is 2. The predicted octanol–water partition coefficient (Wildman–Crippen LogP) is 8.49. The molecule has 0 radical (unpaired) electrons. The van der Waals surface area contributed by atoms with E-state index in [-0.39, 0.29) is 21.7 Å². The van der Waals surface area contributed by atoms with Gasteiger partial charge < -0.3 is 0 Å². The number of fused-ring (bicyclic) bond motifs is 5. The largest absolute Gasteiger partial charge is 0.242 e. The van der Waals surface area contributed by atoms with Gasteiger partial charge in [-0.3, -0.25) is 0 Å². The lowest BCUT2D eigenvalue weighted by molar-refractivity contribution is 0.311. The summed E-state index contributed by atoms with van der Waals surface area (Å²) in [6, 6.07) is 7.43. The molecule has 0 saturated carbocycles. The summed E-state index contributed by atoms with van der Waals surface area (Å²) in [5, 5.41) is 21.0. The van der Waals surface area contributed by atoms with Gasteiger partial charge in [-0.05, 0) is 37.8 Å². The van der Waals surface area contributed by atoms with E-state index in [2.05, 4.69) is 75.8 Å². The van der Waals surface area contributed by atoms with Crippen molar-refractivity contribution in [3.63, 3.8) is 0 Å². The van der Waals surface area contributed by atoms with Crippen molar-refractivity contribution in [2.45, 2.75) is 103 Å². The van der Waals surface area contributed by atoms with E-state index in [4.69, 9.17) is 43.1 Å². The maximum Gasteiger partial charge on any atom is 0.200 e. The van der Waals surface area contributed by atoms with E-state index < -0.39 is 0 Å². The van der Waals surface area contributed by atoms with E-state index in [1.807, 2.05) is 12.1 Å². The molecule has 0 fully saturated rings. The molecule has 0 atom stereocenters. The summed E-state index contributed by atoms with van der Waals surface area (Å²) >= 11 is 13.8. The smallest absolute Gasteiger partial charge is 0.200 e. The van der Waals surface area contributed by atoms with Crippen LogP contribution in [-0.2, 0) is 21.7 Å². The zero-order valence-corrected chi connectivity index (χ0v) is 28.0. The van der Waals surface area contributed by atoms with Gasteiger partial charge in [0.05, 0.1) is 43.9 Å². The van der Waals surface area contributed by atoms with E-state index >= 15 is 0 Å². The maximum atomic E-state index is 6.88. The van der Waals surface area contributed by atoms with Crippen LogP contribution in [0.3, 0.4) is 0 Å². The third-order valence-corrected chi connectivity index (χ3v) is 10.4. The molecule has 10 heteroatoms. The fourth-order valence-electron chi connectivity index (χ4n) is 6.57. The number of rotatable bonds is 2. The summed E-state index contributed by atoms with van der Waals surface area (Å²) in [6.07, 6.45) is 4.09. The first-order valence-corrected chi connectivity index (χ1v) is 15.9. The summed E-state index contributed by atoms with van der Waals surface area (Å²) in [5.41, 5.74) is 5.63. The van der Waals surface area contributed by atoms with Gasteiger partial charge >= 0.3 is 0 Å². The van der Waals surface area contributed by atoms with Crippen LogP contribution in [0.4, 0.5) is 0 Å². The Bertz CT molecular complexity index is 1870. The fourth-order valence-corrected chi connectivity index (χ4v) is 7.08. The van der Waals surface area contributed by atoms with Gasteiger partial charge in [0.15, 0.2) is 0 Å². The van der Waals surface area contributed by atoms with Crippen LogP contribution in [0.2, 0.25) is 10.0 Å². The second-order valence-electron chi connectivity index (χ2n) is 15.0. The SMILES string of the molecule is CC1(C)CCC(C)(C)c2nc(-c3cc(Cl)c4ccc5c(Cl)cc(-c6nnc7c(n6)C(C)(C)CCC7(C)C)nc5c4n3)nnc21. The second kappa shape index (κ2) is 9.57. The monoisotopic (exact) mass is 626 g/mol. The van der Waals surface area contributed by atoms with Gasteiger partial charge in [0, 0.05) is 32.4 Å². The van der Waals surface area contributed by atoms with Crippen molar-refractivity contribution in [3.05, 3.63) is 57.1 Å². The molecule has 0 N–H and O–H groups in total. The van der Waals surface area contributed by atoms with Crippen LogP contribution in [0.1, 0.15) is 104 Å². The van der Waals surface area contributed by atoms with Crippen molar-refractivity contribution < 1.29 is 0 Å². The normalized spacial score (nSPS) is 19.5. The molecule has 7 rings (SSSR count). The first-order valence-electron chi connectivity index (χ1n) is 15.2. The lowest BCUT2D eigenvalue weighted by Crippen LogP contribution is -2.36. The van der Waals surface area contributed by atoms with Crippen molar-refractivity contribution in [3.8, 4) is 23.0 Å². The minimum Gasteiger partial charge on any atom is -0.242 e. The van der Waals surface area contributed by atoms with Crippen LogP contribution in [0.25, 0.3) is 44.8 Å². The number of nitrogens with zero attached hydrogens (tertiary/aromatic N) is 8. The van der Waals surface area contributed by atoms with Crippen molar-refractivity contribution in [1.29, 1.82) is 0 Å². The van der Waals surface area contributed by atoms with Gasteiger partial charge in [-0.15, -0.1) is 10.2 Å². The number of benzene rings is 1. The fraction of sp³-hybridized carbons (Fsp3) is 0.471. The van der Waals surface area contributed by atoms with Gasteiger partial charge in [0.2, 0.25) is 11.6 Å². The van der Waals surface area contributed by atoms with E-state index in [0.29, 0.717) is 44.1 Å². The summed E-state index contributed by atoms with van der Waals surface area (Å²) in [4.78, 5) is 20.1. The van der Waals surface area contributed by atoms with Crippen LogP contribution in [0, 0.1) is 0 Å². The molecule has 1 aromatic carbocycles. The molecule has 2 aliphatic rings. The number of hydrogen-bond acceptors (Lipinski definition) is 8. The summed E-state index contributed by atoms with van der Waals surface area (Å²) in [5.74, 6) is 0.870. The van der Waals surface area contributed by atoms with E-state index in [1.54, 1.807) is 12.1 Å². The second-order valence-corrected chi connectivity index (χ2v) is 15.9. The van der Waals surface area contributed by atoms with Crippen LogP contribution in [0.5, 0.6) is 0 Å². The standard InChI is InChI=1S/C34H36Cl2N8/c1-31(2)11-13-33(5,6)27-25(31)39-29(43-41-27)21-15-19(35)17-9-10-18-20(36)16-22(38-24(18)23(17)37-21)30-40-26-28(42-44-30)34(7,8)14-12-32(26,3)4/h9-10,15-16H,11-14H2,1-8H3. The van der Waals surface area contributed by atoms with Crippen molar-refractivity contribution in [1.82, 2.24) is 40.3 Å².